The highest BCUT2D eigenvalue weighted by atomic mass is 32.2. The molecule has 0 bridgehead atoms. The van der Waals surface area contributed by atoms with Crippen LogP contribution in [0.25, 0.3) is 10.8 Å². The Bertz CT molecular complexity index is 1230. The van der Waals surface area contributed by atoms with Crippen molar-refractivity contribution in [3.63, 3.8) is 0 Å². The van der Waals surface area contributed by atoms with Gasteiger partial charge in [0.1, 0.15) is 16.4 Å². The van der Waals surface area contributed by atoms with Gasteiger partial charge >= 0.3 is 0 Å². The second-order valence-electron chi connectivity index (χ2n) is 6.58. The number of pyridine rings is 1. The molecular weight excluding hydrogens is 388 g/mol. The van der Waals surface area contributed by atoms with E-state index in [0.29, 0.717) is 30.2 Å². The number of sulfonamides is 1. The molecule has 0 radical (unpaired) electrons. The summed E-state index contributed by atoms with van der Waals surface area (Å²) >= 11 is 0. The van der Waals surface area contributed by atoms with Crippen LogP contribution in [0.2, 0.25) is 0 Å². The standard InChI is InChI=1S/C21H20N4O3S/c1-3-25(4-2)29(27,28)15-11-12-18(22-13-15)23-24-20-16-9-5-7-14-8-6-10-17(19(14)16)21(20)26/h5-13H,3-4H2,1-2H3,(H,22,23). The number of carbonyl (C=O) groups excluding carboxylic acids is 1. The van der Waals surface area contributed by atoms with Gasteiger partial charge in [0.2, 0.25) is 15.8 Å². The molecule has 29 heavy (non-hydrogen) atoms. The fourth-order valence-electron chi connectivity index (χ4n) is 3.51. The molecule has 0 unspecified atom stereocenters. The quantitative estimate of drug-likeness (QED) is 0.632. The van der Waals surface area contributed by atoms with Crippen molar-refractivity contribution in [2.24, 2.45) is 5.10 Å². The number of rotatable bonds is 6. The lowest BCUT2D eigenvalue weighted by molar-refractivity contribution is 0.107. The monoisotopic (exact) mass is 408 g/mol. The Morgan fingerprint density at radius 2 is 1.69 bits per heavy atom. The van der Waals surface area contributed by atoms with E-state index in [1.54, 1.807) is 19.9 Å². The lowest BCUT2D eigenvalue weighted by Gasteiger charge is -2.18. The molecule has 0 spiro atoms. The molecule has 1 aliphatic carbocycles. The summed E-state index contributed by atoms with van der Waals surface area (Å²) in [5, 5.41) is 6.15. The molecule has 0 saturated carbocycles. The van der Waals surface area contributed by atoms with Crippen LogP contribution in [0, 0.1) is 0 Å². The molecule has 0 atom stereocenters. The first-order valence-corrected chi connectivity index (χ1v) is 10.8. The largest absolute Gasteiger partial charge is 0.287 e. The zero-order valence-corrected chi connectivity index (χ0v) is 16.9. The SMILES string of the molecule is CCN(CC)S(=O)(=O)c1ccc(NN=C2C(=O)c3cccc4cccc2c34)nc1. The first-order chi connectivity index (χ1) is 14.0. The Morgan fingerprint density at radius 1 is 1.00 bits per heavy atom. The lowest BCUT2D eigenvalue weighted by atomic mass is 10.1. The Morgan fingerprint density at radius 3 is 2.31 bits per heavy atom. The maximum atomic E-state index is 12.7. The molecule has 1 aromatic heterocycles. The summed E-state index contributed by atoms with van der Waals surface area (Å²) < 4.78 is 26.4. The highest BCUT2D eigenvalue weighted by Gasteiger charge is 2.28. The third-order valence-corrected chi connectivity index (χ3v) is 7.01. The van der Waals surface area contributed by atoms with E-state index < -0.39 is 10.0 Å². The molecule has 2 aromatic carbocycles. The van der Waals surface area contributed by atoms with Crippen molar-refractivity contribution < 1.29 is 13.2 Å². The summed E-state index contributed by atoms with van der Waals surface area (Å²) in [6.07, 6.45) is 1.29. The summed E-state index contributed by atoms with van der Waals surface area (Å²) in [5.41, 5.74) is 4.50. The van der Waals surface area contributed by atoms with E-state index in [2.05, 4.69) is 15.5 Å². The molecule has 0 saturated heterocycles. The van der Waals surface area contributed by atoms with Gasteiger partial charge in [-0.15, -0.1) is 0 Å². The van der Waals surface area contributed by atoms with E-state index in [9.17, 15) is 13.2 Å². The van der Waals surface area contributed by atoms with E-state index >= 15 is 0 Å². The third kappa shape index (κ3) is 3.20. The molecule has 1 N–H and O–H groups in total. The molecule has 1 aliphatic rings. The van der Waals surface area contributed by atoms with E-state index in [1.165, 1.54) is 22.6 Å². The highest BCUT2D eigenvalue weighted by Crippen LogP contribution is 2.31. The van der Waals surface area contributed by atoms with Gasteiger partial charge in [0.15, 0.2) is 0 Å². The molecule has 1 heterocycles. The number of Topliss-reactive ketones (excluding diaryl/α,β-unsaturated/α-hetero) is 1. The number of ketones is 1. The minimum Gasteiger partial charge on any atom is -0.287 e. The van der Waals surface area contributed by atoms with Gasteiger partial charge in [-0.05, 0) is 17.5 Å². The molecule has 0 aliphatic heterocycles. The number of nitrogens with zero attached hydrogens (tertiary/aromatic N) is 3. The van der Waals surface area contributed by atoms with Gasteiger partial charge in [0.05, 0.1) is 0 Å². The first-order valence-electron chi connectivity index (χ1n) is 9.34. The number of anilines is 1. The van der Waals surface area contributed by atoms with Gasteiger partial charge in [-0.2, -0.15) is 9.41 Å². The van der Waals surface area contributed by atoms with Gasteiger partial charge in [0, 0.05) is 35.8 Å². The normalized spacial score (nSPS) is 14.9. The molecule has 0 fully saturated rings. The number of hydrazone groups is 1. The number of hydrogen-bond acceptors (Lipinski definition) is 6. The van der Waals surface area contributed by atoms with E-state index in [0.717, 1.165) is 16.3 Å². The minimum atomic E-state index is -3.57. The number of hydrogen-bond donors (Lipinski definition) is 1. The topological polar surface area (TPSA) is 91.7 Å². The van der Waals surface area contributed by atoms with Gasteiger partial charge in [-0.1, -0.05) is 50.2 Å². The van der Waals surface area contributed by atoms with Crippen LogP contribution in [0.4, 0.5) is 5.82 Å². The number of carbonyl (C=O) groups is 1. The molecule has 0 amide bonds. The van der Waals surface area contributed by atoms with Crippen molar-refractivity contribution >= 4 is 38.1 Å². The van der Waals surface area contributed by atoms with Crippen LogP contribution in [0.3, 0.4) is 0 Å². The predicted octanol–water partition coefficient (Wildman–Crippen LogP) is 3.28. The molecule has 7 nitrogen and oxygen atoms in total. The zero-order valence-electron chi connectivity index (χ0n) is 16.1. The van der Waals surface area contributed by atoms with Crippen LogP contribution in [-0.2, 0) is 10.0 Å². The summed E-state index contributed by atoms with van der Waals surface area (Å²) in [7, 11) is -3.57. The Labute approximate surface area is 169 Å². The Hall–Kier alpha value is -3.10. The fraction of sp³-hybridized carbons (Fsp3) is 0.190. The lowest BCUT2D eigenvalue weighted by Crippen LogP contribution is -2.30. The minimum absolute atomic E-state index is 0.119. The van der Waals surface area contributed by atoms with Crippen molar-refractivity contribution in [1.29, 1.82) is 0 Å². The maximum Gasteiger partial charge on any atom is 0.244 e. The number of nitrogens with one attached hydrogen (secondary N) is 1. The fourth-order valence-corrected chi connectivity index (χ4v) is 4.92. The molecule has 3 aromatic rings. The van der Waals surface area contributed by atoms with Gasteiger partial charge < -0.3 is 0 Å². The molecular formula is C21H20N4O3S. The third-order valence-electron chi connectivity index (χ3n) is 4.98. The van der Waals surface area contributed by atoms with E-state index in [4.69, 9.17) is 0 Å². The predicted molar refractivity (Wildman–Crippen MR) is 113 cm³/mol. The van der Waals surface area contributed by atoms with Crippen LogP contribution < -0.4 is 5.43 Å². The smallest absolute Gasteiger partial charge is 0.244 e. The van der Waals surface area contributed by atoms with Gasteiger partial charge in [-0.3, -0.25) is 10.2 Å². The summed E-state index contributed by atoms with van der Waals surface area (Å²) in [4.78, 5) is 17.0. The van der Waals surface area contributed by atoms with Crippen molar-refractivity contribution in [2.75, 3.05) is 18.5 Å². The van der Waals surface area contributed by atoms with Crippen LogP contribution in [0.5, 0.6) is 0 Å². The zero-order chi connectivity index (χ0) is 20.6. The van der Waals surface area contributed by atoms with Crippen molar-refractivity contribution in [1.82, 2.24) is 9.29 Å². The highest BCUT2D eigenvalue weighted by molar-refractivity contribution is 7.89. The van der Waals surface area contributed by atoms with Crippen molar-refractivity contribution in [2.45, 2.75) is 18.7 Å². The summed E-state index contributed by atoms with van der Waals surface area (Å²) in [5.74, 6) is 0.206. The van der Waals surface area contributed by atoms with Crippen LogP contribution in [0.15, 0.2) is 64.7 Å². The summed E-state index contributed by atoms with van der Waals surface area (Å²) in [6.45, 7) is 4.36. The van der Waals surface area contributed by atoms with E-state index in [1.807, 2.05) is 30.3 Å². The number of benzene rings is 2. The molecule has 8 heteroatoms. The van der Waals surface area contributed by atoms with Crippen molar-refractivity contribution in [3.05, 3.63) is 65.9 Å². The first kappa shape index (κ1) is 19.2. The Kier molecular flexibility index (Phi) is 4.89. The second-order valence-corrected chi connectivity index (χ2v) is 8.52. The number of aromatic nitrogens is 1. The second kappa shape index (κ2) is 7.38. The summed E-state index contributed by atoms with van der Waals surface area (Å²) in [6, 6.07) is 14.3. The maximum absolute atomic E-state index is 12.7. The van der Waals surface area contributed by atoms with Crippen LogP contribution >= 0.6 is 0 Å². The van der Waals surface area contributed by atoms with Crippen LogP contribution in [-0.4, -0.2) is 42.3 Å². The molecule has 148 valence electrons. The average Bonchev–Trinajstić information content (AvgIpc) is 3.01. The van der Waals surface area contributed by atoms with Crippen molar-refractivity contribution in [3.8, 4) is 0 Å². The van der Waals surface area contributed by atoms with E-state index in [-0.39, 0.29) is 10.7 Å². The van der Waals surface area contributed by atoms with Gasteiger partial charge in [0.25, 0.3) is 0 Å². The average molecular weight is 408 g/mol. The molecule has 4 rings (SSSR count). The van der Waals surface area contributed by atoms with Crippen LogP contribution in [0.1, 0.15) is 29.8 Å². The Balaban J connectivity index is 1.61. The van der Waals surface area contributed by atoms with Gasteiger partial charge in [-0.25, -0.2) is 13.4 Å².